The lowest BCUT2D eigenvalue weighted by molar-refractivity contribution is -0.121. The summed E-state index contributed by atoms with van der Waals surface area (Å²) in [7, 11) is 0. The second kappa shape index (κ2) is 9.00. The number of carboxylic acid groups (broad SMARTS) is 1. The van der Waals surface area contributed by atoms with Gasteiger partial charge in [0.15, 0.2) is 0 Å². The van der Waals surface area contributed by atoms with E-state index in [1.807, 2.05) is 40.6 Å². The van der Waals surface area contributed by atoms with Crippen molar-refractivity contribution < 1.29 is 19.1 Å². The third kappa shape index (κ3) is 4.12. The number of aromatic nitrogens is 5. The van der Waals surface area contributed by atoms with E-state index in [0.717, 1.165) is 28.8 Å². The zero-order valence-electron chi connectivity index (χ0n) is 18.7. The van der Waals surface area contributed by atoms with E-state index >= 15 is 0 Å². The minimum absolute atomic E-state index is 0.0729. The molecule has 0 saturated heterocycles. The quantitative estimate of drug-likeness (QED) is 0.431. The number of anilines is 1. The average molecular weight is 463 g/mol. The molecule has 1 aliphatic rings. The van der Waals surface area contributed by atoms with Crippen molar-refractivity contribution in [1.29, 1.82) is 0 Å². The molecule has 2 amide bonds. The topological polar surface area (TPSA) is 131 Å². The lowest BCUT2D eigenvalue weighted by Crippen LogP contribution is -2.41. The van der Waals surface area contributed by atoms with Gasteiger partial charge in [0.25, 0.3) is 0 Å². The first-order chi connectivity index (χ1) is 16.5. The van der Waals surface area contributed by atoms with Crippen LogP contribution in [0, 0.1) is 0 Å². The summed E-state index contributed by atoms with van der Waals surface area (Å²) in [5.41, 5.74) is 3.11. The summed E-state index contributed by atoms with van der Waals surface area (Å²) >= 11 is 0. The molecule has 0 bridgehead atoms. The van der Waals surface area contributed by atoms with Crippen LogP contribution in [0.15, 0.2) is 47.5 Å². The number of hydrogen-bond acceptors (Lipinski definition) is 6. The van der Waals surface area contributed by atoms with Gasteiger partial charge in [-0.1, -0.05) is 0 Å². The highest BCUT2D eigenvalue weighted by Gasteiger charge is 2.30. The Bertz CT molecular complexity index is 1310. The Morgan fingerprint density at radius 2 is 2.18 bits per heavy atom. The monoisotopic (exact) mass is 463 g/mol. The molecule has 0 fully saturated rings. The van der Waals surface area contributed by atoms with Gasteiger partial charge in [0.2, 0.25) is 11.8 Å². The summed E-state index contributed by atoms with van der Waals surface area (Å²) in [6.07, 6.45) is 7.62. The number of imidazole rings is 1. The Morgan fingerprint density at radius 1 is 1.29 bits per heavy atom. The van der Waals surface area contributed by atoms with Crippen LogP contribution in [0.3, 0.4) is 0 Å². The lowest BCUT2D eigenvalue weighted by atomic mass is 9.96. The van der Waals surface area contributed by atoms with Gasteiger partial charge in [-0.25, -0.2) is 14.8 Å². The van der Waals surface area contributed by atoms with E-state index < -0.39 is 6.09 Å². The van der Waals surface area contributed by atoms with Crippen molar-refractivity contribution in [1.82, 2.24) is 29.6 Å². The number of oxazole rings is 1. The van der Waals surface area contributed by atoms with Gasteiger partial charge in [-0.2, -0.15) is 5.10 Å². The fraction of sp³-hybridized carbons (Fsp3) is 0.348. The number of amides is 2. The molecular formula is C23H25N7O4. The van der Waals surface area contributed by atoms with Crippen molar-refractivity contribution in [3.05, 3.63) is 60.3 Å². The molecule has 0 unspecified atom stereocenters. The standard InChI is InChI=1S/C23H25N7O4/c1-15-3-4-16-17(30(15)23(32)33)5-6-18-22(16)27-19(7-11-28-10-2-8-26-28)29(18)14-20(31)25-13-21-24-9-12-34-21/h2,5-6,8-10,12,15H,3-4,7,11,13-14H2,1H3,(H,25,31)(H,32,33)/t15-/m0/s1. The minimum atomic E-state index is -0.975. The van der Waals surface area contributed by atoms with Crippen LogP contribution in [-0.2, 0) is 37.3 Å². The Balaban J connectivity index is 1.49. The molecule has 4 heterocycles. The largest absolute Gasteiger partial charge is 0.465 e. The number of nitrogens with one attached hydrogen (secondary N) is 1. The highest BCUT2D eigenvalue weighted by atomic mass is 16.4. The Hall–Kier alpha value is -4.15. The Labute approximate surface area is 195 Å². The van der Waals surface area contributed by atoms with Crippen LogP contribution in [0.5, 0.6) is 0 Å². The van der Waals surface area contributed by atoms with E-state index in [1.54, 1.807) is 6.20 Å². The van der Waals surface area contributed by atoms with Crippen LogP contribution in [-0.4, -0.2) is 47.5 Å². The van der Waals surface area contributed by atoms with Crippen LogP contribution in [0.2, 0.25) is 0 Å². The predicted octanol–water partition coefficient (Wildman–Crippen LogP) is 2.60. The zero-order valence-corrected chi connectivity index (χ0v) is 18.7. The number of hydrogen-bond donors (Lipinski definition) is 2. The van der Waals surface area contributed by atoms with Gasteiger partial charge in [-0.15, -0.1) is 0 Å². The normalized spacial score (nSPS) is 15.4. The van der Waals surface area contributed by atoms with Gasteiger partial charge >= 0.3 is 6.09 Å². The van der Waals surface area contributed by atoms with Crippen LogP contribution in [0.1, 0.15) is 30.6 Å². The summed E-state index contributed by atoms with van der Waals surface area (Å²) in [6, 6.07) is 5.43. The molecule has 176 valence electrons. The molecule has 0 radical (unpaired) electrons. The second-order valence-electron chi connectivity index (χ2n) is 8.31. The fourth-order valence-electron chi connectivity index (χ4n) is 4.50. The molecule has 1 atom stereocenters. The maximum absolute atomic E-state index is 12.8. The predicted molar refractivity (Wildman–Crippen MR) is 122 cm³/mol. The minimum Gasteiger partial charge on any atom is -0.465 e. The van der Waals surface area contributed by atoms with Crippen molar-refractivity contribution in [3.8, 4) is 0 Å². The number of nitrogens with zero attached hydrogens (tertiary/aromatic N) is 6. The molecule has 2 N–H and O–H groups in total. The number of carbonyl (C=O) groups excluding carboxylic acids is 1. The molecule has 1 aromatic carbocycles. The number of rotatable bonds is 7. The van der Waals surface area contributed by atoms with E-state index in [1.165, 1.54) is 17.4 Å². The van der Waals surface area contributed by atoms with E-state index in [4.69, 9.17) is 9.40 Å². The molecule has 11 nitrogen and oxygen atoms in total. The first kappa shape index (κ1) is 21.7. The molecular weight excluding hydrogens is 438 g/mol. The number of aryl methyl sites for hydroxylation is 3. The number of benzene rings is 1. The molecule has 0 aliphatic carbocycles. The Kier molecular flexibility index (Phi) is 5.74. The van der Waals surface area contributed by atoms with Crippen molar-refractivity contribution in [2.45, 2.75) is 51.9 Å². The highest BCUT2D eigenvalue weighted by Crippen LogP contribution is 2.36. The maximum Gasteiger partial charge on any atom is 0.412 e. The van der Waals surface area contributed by atoms with Crippen LogP contribution in [0.25, 0.3) is 11.0 Å². The van der Waals surface area contributed by atoms with Crippen molar-refractivity contribution >= 4 is 28.7 Å². The molecule has 0 spiro atoms. The summed E-state index contributed by atoms with van der Waals surface area (Å²) in [5.74, 6) is 0.974. The summed E-state index contributed by atoms with van der Waals surface area (Å²) in [4.78, 5) is 35.0. The molecule has 11 heteroatoms. The molecule has 5 rings (SSSR count). The second-order valence-corrected chi connectivity index (χ2v) is 8.31. The van der Waals surface area contributed by atoms with E-state index in [2.05, 4.69) is 15.4 Å². The van der Waals surface area contributed by atoms with Gasteiger partial charge in [0, 0.05) is 37.0 Å². The zero-order chi connectivity index (χ0) is 23.7. The summed E-state index contributed by atoms with van der Waals surface area (Å²) < 4.78 is 8.90. The van der Waals surface area contributed by atoms with Crippen molar-refractivity contribution in [2.75, 3.05) is 4.90 Å². The summed E-state index contributed by atoms with van der Waals surface area (Å²) in [5, 5.41) is 16.8. The first-order valence-corrected chi connectivity index (χ1v) is 11.2. The van der Waals surface area contributed by atoms with Gasteiger partial charge in [-0.05, 0) is 38.0 Å². The smallest absolute Gasteiger partial charge is 0.412 e. The van der Waals surface area contributed by atoms with Gasteiger partial charge in [0.05, 0.1) is 29.5 Å². The van der Waals surface area contributed by atoms with Gasteiger partial charge in [0.1, 0.15) is 18.6 Å². The van der Waals surface area contributed by atoms with Crippen molar-refractivity contribution in [3.63, 3.8) is 0 Å². The molecule has 1 aliphatic heterocycles. The van der Waals surface area contributed by atoms with Crippen LogP contribution in [0.4, 0.5) is 10.5 Å². The first-order valence-electron chi connectivity index (χ1n) is 11.2. The molecule has 34 heavy (non-hydrogen) atoms. The fourth-order valence-corrected chi connectivity index (χ4v) is 4.50. The number of fused-ring (bicyclic) bond motifs is 3. The SMILES string of the molecule is C[C@H]1CCc2c(ccc3c2nc(CCn2cccn2)n3CC(=O)NCc2ncco2)N1C(=O)O. The molecule has 3 aromatic heterocycles. The third-order valence-corrected chi connectivity index (χ3v) is 6.14. The van der Waals surface area contributed by atoms with Crippen LogP contribution >= 0.6 is 0 Å². The molecule has 4 aromatic rings. The van der Waals surface area contributed by atoms with E-state index in [-0.39, 0.29) is 25.0 Å². The van der Waals surface area contributed by atoms with Gasteiger partial charge in [-0.3, -0.25) is 14.4 Å². The molecule has 0 saturated carbocycles. The summed E-state index contributed by atoms with van der Waals surface area (Å²) in [6.45, 7) is 2.79. The van der Waals surface area contributed by atoms with E-state index in [0.29, 0.717) is 31.0 Å². The van der Waals surface area contributed by atoms with E-state index in [9.17, 15) is 14.7 Å². The van der Waals surface area contributed by atoms with Gasteiger partial charge < -0.3 is 19.4 Å². The lowest BCUT2D eigenvalue weighted by Gasteiger charge is -2.33. The Morgan fingerprint density at radius 3 is 2.91 bits per heavy atom. The maximum atomic E-state index is 12.8. The third-order valence-electron chi connectivity index (χ3n) is 6.14. The number of carbonyl (C=O) groups is 2. The highest BCUT2D eigenvalue weighted by molar-refractivity contribution is 5.95. The average Bonchev–Trinajstić information content (AvgIpc) is 3.57. The van der Waals surface area contributed by atoms with Crippen molar-refractivity contribution in [2.24, 2.45) is 0 Å². The van der Waals surface area contributed by atoms with Crippen LogP contribution < -0.4 is 10.2 Å².